The highest BCUT2D eigenvalue weighted by Crippen LogP contribution is 2.41. The second-order valence-electron chi connectivity index (χ2n) is 9.73. The van der Waals surface area contributed by atoms with Gasteiger partial charge in [0.05, 0.1) is 6.33 Å². The van der Waals surface area contributed by atoms with E-state index >= 15 is 0 Å². The zero-order valence-corrected chi connectivity index (χ0v) is 21.1. The molecule has 0 spiro atoms. The lowest BCUT2D eigenvalue weighted by molar-refractivity contribution is 0.134. The summed E-state index contributed by atoms with van der Waals surface area (Å²) >= 11 is 0. The number of sulfonamides is 1. The van der Waals surface area contributed by atoms with E-state index in [9.17, 15) is 8.42 Å². The summed E-state index contributed by atoms with van der Waals surface area (Å²) in [5, 5.41) is 0.0192. The average Bonchev–Trinajstić information content (AvgIpc) is 3.28. The van der Waals surface area contributed by atoms with Gasteiger partial charge < -0.3 is 14.2 Å². The van der Waals surface area contributed by atoms with Crippen LogP contribution in [0.1, 0.15) is 35.4 Å². The van der Waals surface area contributed by atoms with Crippen LogP contribution in [0.15, 0.2) is 66.1 Å². The van der Waals surface area contributed by atoms with Crippen molar-refractivity contribution < 1.29 is 13.2 Å². The van der Waals surface area contributed by atoms with Crippen LogP contribution < -0.4 is 9.46 Å². The van der Waals surface area contributed by atoms with Gasteiger partial charge in [0.1, 0.15) is 12.4 Å². The molecule has 1 fully saturated rings. The number of nitrogens with one attached hydrogen (secondary N) is 1. The van der Waals surface area contributed by atoms with Gasteiger partial charge >= 0.3 is 0 Å². The molecule has 0 saturated carbocycles. The van der Waals surface area contributed by atoms with Crippen LogP contribution in [0.5, 0.6) is 5.75 Å². The molecule has 35 heavy (non-hydrogen) atoms. The fraction of sp³-hybridized carbons (Fsp3) is 0.444. The molecule has 2 unspecified atom stereocenters. The first-order valence-corrected chi connectivity index (χ1v) is 14.0. The highest BCUT2D eigenvalue weighted by atomic mass is 32.2. The standard InChI is InChI=1S/C27H34N4O3S/c1-30-19-27(28-20-30)35(32,33)29-12-15-34-24-11-10-22-8-9-23(18-31-13-5-14-31)25(26(22)17-24)16-21-6-3-2-4-7-21/h2-4,6-7,10-11,17,19-20,23,25,29H,5,8-9,12-16,18H2,1H3. The molecule has 7 nitrogen and oxygen atoms in total. The van der Waals surface area contributed by atoms with Gasteiger partial charge in [-0.25, -0.2) is 18.1 Å². The molecule has 1 saturated heterocycles. The van der Waals surface area contributed by atoms with Crippen LogP contribution in [0, 0.1) is 5.92 Å². The summed E-state index contributed by atoms with van der Waals surface area (Å²) < 4.78 is 34.9. The van der Waals surface area contributed by atoms with Gasteiger partial charge in [-0.15, -0.1) is 0 Å². The van der Waals surface area contributed by atoms with Gasteiger partial charge in [0, 0.05) is 26.3 Å². The summed E-state index contributed by atoms with van der Waals surface area (Å²) in [6.45, 7) is 4.04. The number of rotatable bonds is 10. The summed E-state index contributed by atoms with van der Waals surface area (Å²) in [6.07, 6.45) is 7.61. The fourth-order valence-electron chi connectivity index (χ4n) is 5.24. The highest BCUT2D eigenvalue weighted by molar-refractivity contribution is 7.89. The predicted molar refractivity (Wildman–Crippen MR) is 136 cm³/mol. The molecule has 0 bridgehead atoms. The summed E-state index contributed by atoms with van der Waals surface area (Å²) in [5.74, 6) is 1.87. The number of aromatic nitrogens is 2. The Labute approximate surface area is 208 Å². The number of hydrogen-bond acceptors (Lipinski definition) is 5. The molecule has 1 aromatic heterocycles. The van der Waals surface area contributed by atoms with Crippen molar-refractivity contribution in [1.82, 2.24) is 19.2 Å². The first-order valence-electron chi connectivity index (χ1n) is 12.5. The Morgan fingerprint density at radius 1 is 1.14 bits per heavy atom. The van der Waals surface area contributed by atoms with E-state index in [-0.39, 0.29) is 18.2 Å². The molecular formula is C27H34N4O3S. The van der Waals surface area contributed by atoms with Crippen molar-refractivity contribution in [3.63, 3.8) is 0 Å². The van der Waals surface area contributed by atoms with Gasteiger partial charge in [-0.05, 0) is 79.4 Å². The van der Waals surface area contributed by atoms with E-state index in [0.717, 1.165) is 25.1 Å². The van der Waals surface area contributed by atoms with E-state index in [1.807, 2.05) is 6.07 Å². The lowest BCUT2D eigenvalue weighted by Crippen LogP contribution is -2.43. The van der Waals surface area contributed by atoms with Crippen molar-refractivity contribution in [3.8, 4) is 5.75 Å². The third kappa shape index (κ3) is 5.77. The zero-order valence-electron chi connectivity index (χ0n) is 20.3. The van der Waals surface area contributed by atoms with Crippen LogP contribution in [0.2, 0.25) is 0 Å². The number of benzene rings is 2. The largest absolute Gasteiger partial charge is 0.492 e. The van der Waals surface area contributed by atoms with Gasteiger partial charge in [0.25, 0.3) is 10.0 Å². The molecule has 0 amide bonds. The smallest absolute Gasteiger partial charge is 0.259 e. The minimum atomic E-state index is -3.63. The molecule has 5 rings (SSSR count). The number of nitrogens with zero attached hydrogens (tertiary/aromatic N) is 3. The molecular weight excluding hydrogens is 460 g/mol. The van der Waals surface area contributed by atoms with E-state index in [4.69, 9.17) is 4.74 Å². The Hall–Kier alpha value is -2.68. The summed E-state index contributed by atoms with van der Waals surface area (Å²) in [7, 11) is -1.89. The normalized spacial score (nSPS) is 20.3. The van der Waals surface area contributed by atoms with Crippen LogP contribution in [-0.2, 0) is 29.9 Å². The second kappa shape index (κ2) is 10.5. The van der Waals surface area contributed by atoms with Gasteiger partial charge in [-0.3, -0.25) is 0 Å². The van der Waals surface area contributed by atoms with Gasteiger partial charge in [0.2, 0.25) is 0 Å². The number of fused-ring (bicyclic) bond motifs is 1. The number of aryl methyl sites for hydroxylation is 2. The van der Waals surface area contributed by atoms with Crippen LogP contribution in [0.25, 0.3) is 0 Å². The Kier molecular flexibility index (Phi) is 7.22. The Balaban J connectivity index is 1.27. The summed E-state index contributed by atoms with van der Waals surface area (Å²) in [5.41, 5.74) is 4.17. The number of ether oxygens (including phenoxy) is 1. The molecule has 2 heterocycles. The molecule has 1 N–H and O–H groups in total. The minimum Gasteiger partial charge on any atom is -0.492 e. The summed E-state index contributed by atoms with van der Waals surface area (Å²) in [4.78, 5) is 6.51. The third-order valence-corrected chi connectivity index (χ3v) is 8.58. The first-order chi connectivity index (χ1) is 17.0. The Morgan fingerprint density at radius 2 is 1.97 bits per heavy atom. The van der Waals surface area contributed by atoms with Crippen molar-refractivity contribution in [2.75, 3.05) is 32.8 Å². The molecule has 2 aromatic carbocycles. The van der Waals surface area contributed by atoms with E-state index in [1.54, 1.807) is 11.6 Å². The lowest BCUT2D eigenvalue weighted by atomic mass is 9.72. The zero-order chi connectivity index (χ0) is 24.3. The maximum atomic E-state index is 12.4. The van der Waals surface area contributed by atoms with E-state index in [2.05, 4.69) is 57.1 Å². The average molecular weight is 495 g/mol. The van der Waals surface area contributed by atoms with Crippen molar-refractivity contribution >= 4 is 10.0 Å². The lowest BCUT2D eigenvalue weighted by Gasteiger charge is -2.40. The predicted octanol–water partition coefficient (Wildman–Crippen LogP) is 3.37. The number of likely N-dealkylation sites (tertiary alicyclic amines) is 1. The Bertz CT molecular complexity index is 1240. The molecule has 1 aliphatic heterocycles. The second-order valence-corrected chi connectivity index (χ2v) is 11.4. The quantitative estimate of drug-likeness (QED) is 0.438. The maximum absolute atomic E-state index is 12.4. The monoisotopic (exact) mass is 494 g/mol. The maximum Gasteiger partial charge on any atom is 0.259 e. The van der Waals surface area contributed by atoms with Crippen molar-refractivity contribution in [2.45, 2.75) is 36.6 Å². The number of imidazole rings is 1. The van der Waals surface area contributed by atoms with E-state index in [1.165, 1.54) is 55.1 Å². The van der Waals surface area contributed by atoms with Crippen LogP contribution in [0.3, 0.4) is 0 Å². The van der Waals surface area contributed by atoms with Crippen LogP contribution >= 0.6 is 0 Å². The van der Waals surface area contributed by atoms with Gasteiger partial charge in [-0.1, -0.05) is 36.4 Å². The molecule has 1 aliphatic carbocycles. The molecule has 2 atom stereocenters. The van der Waals surface area contributed by atoms with E-state index < -0.39 is 10.0 Å². The highest BCUT2D eigenvalue weighted by Gasteiger charge is 2.32. The molecule has 3 aromatic rings. The Morgan fingerprint density at radius 3 is 2.69 bits per heavy atom. The van der Waals surface area contributed by atoms with Crippen LogP contribution in [0.4, 0.5) is 0 Å². The number of hydrogen-bond donors (Lipinski definition) is 1. The van der Waals surface area contributed by atoms with Crippen molar-refractivity contribution in [1.29, 1.82) is 0 Å². The van der Waals surface area contributed by atoms with Gasteiger partial charge in [-0.2, -0.15) is 0 Å². The first kappa shape index (κ1) is 24.0. The van der Waals surface area contributed by atoms with Gasteiger partial charge in [0.15, 0.2) is 5.03 Å². The SMILES string of the molecule is Cn1cnc(S(=O)(=O)NCCOc2ccc3c(c2)C(Cc2ccccc2)C(CN2CCC2)CC3)c1. The van der Waals surface area contributed by atoms with Crippen molar-refractivity contribution in [2.24, 2.45) is 13.0 Å². The van der Waals surface area contributed by atoms with E-state index in [0.29, 0.717) is 11.8 Å². The summed E-state index contributed by atoms with van der Waals surface area (Å²) in [6, 6.07) is 17.2. The minimum absolute atomic E-state index is 0.0192. The molecule has 8 heteroatoms. The fourth-order valence-corrected chi connectivity index (χ4v) is 6.23. The molecule has 0 radical (unpaired) electrons. The van der Waals surface area contributed by atoms with Crippen LogP contribution in [-0.4, -0.2) is 55.7 Å². The molecule has 2 aliphatic rings. The third-order valence-electron chi connectivity index (χ3n) is 7.23. The topological polar surface area (TPSA) is 76.5 Å². The molecule has 186 valence electrons. The van der Waals surface area contributed by atoms with Crippen molar-refractivity contribution in [3.05, 3.63) is 77.7 Å².